The summed E-state index contributed by atoms with van der Waals surface area (Å²) in [5, 5.41) is 18.2. The SMILES string of the molecule is O=c1ccc2c(n1Cc1ccc(B(O)O)cc1)CCC2. The average Bonchev–Trinajstić information content (AvgIpc) is 2.91. The second kappa shape index (κ2) is 5.27. The number of benzene rings is 1. The highest BCUT2D eigenvalue weighted by molar-refractivity contribution is 6.58. The van der Waals surface area contributed by atoms with E-state index >= 15 is 0 Å². The van der Waals surface area contributed by atoms with Crippen LogP contribution in [0.5, 0.6) is 0 Å². The first-order chi connectivity index (χ1) is 9.65. The Bertz CT molecular complexity index is 677. The van der Waals surface area contributed by atoms with E-state index in [1.807, 2.05) is 22.8 Å². The molecule has 1 aliphatic carbocycles. The van der Waals surface area contributed by atoms with Crippen LogP contribution in [0.1, 0.15) is 23.2 Å². The Morgan fingerprint density at radius 3 is 2.50 bits per heavy atom. The van der Waals surface area contributed by atoms with E-state index in [4.69, 9.17) is 10.0 Å². The summed E-state index contributed by atoms with van der Waals surface area (Å²) in [4.78, 5) is 12.0. The first kappa shape index (κ1) is 13.2. The zero-order valence-corrected chi connectivity index (χ0v) is 11.1. The van der Waals surface area contributed by atoms with Gasteiger partial charge in [-0.15, -0.1) is 0 Å². The summed E-state index contributed by atoms with van der Waals surface area (Å²) in [5.41, 5.74) is 3.88. The van der Waals surface area contributed by atoms with Gasteiger partial charge in [0.05, 0.1) is 6.54 Å². The van der Waals surface area contributed by atoms with Gasteiger partial charge in [0.2, 0.25) is 0 Å². The van der Waals surface area contributed by atoms with Crippen LogP contribution in [-0.2, 0) is 19.4 Å². The first-order valence-corrected chi connectivity index (χ1v) is 6.82. The summed E-state index contributed by atoms with van der Waals surface area (Å²) in [6, 6.07) is 10.6. The summed E-state index contributed by atoms with van der Waals surface area (Å²) < 4.78 is 1.83. The Morgan fingerprint density at radius 1 is 1.05 bits per heavy atom. The molecule has 1 aliphatic rings. The van der Waals surface area contributed by atoms with Gasteiger partial charge in [-0.3, -0.25) is 4.79 Å². The third-order valence-corrected chi connectivity index (χ3v) is 3.87. The van der Waals surface area contributed by atoms with Gasteiger partial charge in [0.15, 0.2) is 0 Å². The maximum absolute atomic E-state index is 12.0. The topological polar surface area (TPSA) is 62.5 Å². The van der Waals surface area contributed by atoms with Crippen LogP contribution in [0.25, 0.3) is 0 Å². The Balaban J connectivity index is 1.92. The number of aromatic nitrogens is 1. The molecule has 0 radical (unpaired) electrons. The van der Waals surface area contributed by atoms with Crippen molar-refractivity contribution in [2.24, 2.45) is 0 Å². The molecule has 20 heavy (non-hydrogen) atoms. The lowest BCUT2D eigenvalue weighted by Crippen LogP contribution is -2.29. The van der Waals surface area contributed by atoms with Crippen molar-refractivity contribution in [2.45, 2.75) is 25.8 Å². The van der Waals surface area contributed by atoms with Gasteiger partial charge in [0.1, 0.15) is 0 Å². The second-order valence-electron chi connectivity index (χ2n) is 5.20. The van der Waals surface area contributed by atoms with E-state index in [9.17, 15) is 4.79 Å². The highest BCUT2D eigenvalue weighted by Gasteiger charge is 2.16. The molecule has 102 valence electrons. The fourth-order valence-electron chi connectivity index (χ4n) is 2.78. The van der Waals surface area contributed by atoms with Crippen LogP contribution in [0, 0.1) is 0 Å². The van der Waals surface area contributed by atoms with Crippen LogP contribution in [0.3, 0.4) is 0 Å². The number of hydrogen-bond acceptors (Lipinski definition) is 3. The molecule has 0 saturated carbocycles. The molecule has 1 heterocycles. The zero-order chi connectivity index (χ0) is 14.1. The van der Waals surface area contributed by atoms with Gasteiger partial charge in [-0.2, -0.15) is 0 Å². The summed E-state index contributed by atoms with van der Waals surface area (Å²) >= 11 is 0. The Hall–Kier alpha value is -1.85. The minimum absolute atomic E-state index is 0.0249. The minimum atomic E-state index is -1.45. The summed E-state index contributed by atoms with van der Waals surface area (Å²) in [6.45, 7) is 0.532. The van der Waals surface area contributed by atoms with E-state index in [1.54, 1.807) is 18.2 Å². The van der Waals surface area contributed by atoms with Gasteiger partial charge in [0, 0.05) is 11.8 Å². The highest BCUT2D eigenvalue weighted by Crippen LogP contribution is 2.20. The van der Waals surface area contributed by atoms with Crippen molar-refractivity contribution >= 4 is 12.6 Å². The van der Waals surface area contributed by atoms with Gasteiger partial charge in [-0.1, -0.05) is 30.3 Å². The van der Waals surface area contributed by atoms with Crippen LogP contribution in [0.2, 0.25) is 0 Å². The fraction of sp³-hybridized carbons (Fsp3) is 0.267. The predicted molar refractivity (Wildman–Crippen MR) is 78.1 cm³/mol. The lowest BCUT2D eigenvalue weighted by atomic mass is 9.80. The lowest BCUT2D eigenvalue weighted by molar-refractivity contribution is 0.426. The number of pyridine rings is 1. The van der Waals surface area contributed by atoms with E-state index in [0.29, 0.717) is 12.0 Å². The molecule has 3 rings (SSSR count). The van der Waals surface area contributed by atoms with Crippen LogP contribution >= 0.6 is 0 Å². The second-order valence-corrected chi connectivity index (χ2v) is 5.20. The number of hydrogen-bond donors (Lipinski definition) is 2. The van der Waals surface area contributed by atoms with Crippen LogP contribution in [0.15, 0.2) is 41.2 Å². The van der Waals surface area contributed by atoms with Crippen LogP contribution < -0.4 is 11.0 Å². The molecule has 2 N–H and O–H groups in total. The lowest BCUT2D eigenvalue weighted by Gasteiger charge is -2.12. The molecule has 0 spiro atoms. The van der Waals surface area contributed by atoms with Gasteiger partial charge in [0.25, 0.3) is 5.56 Å². The van der Waals surface area contributed by atoms with Crippen molar-refractivity contribution in [1.82, 2.24) is 4.57 Å². The Kier molecular flexibility index (Phi) is 3.46. The zero-order valence-electron chi connectivity index (χ0n) is 11.1. The van der Waals surface area contributed by atoms with E-state index in [0.717, 1.165) is 30.5 Å². The molecule has 1 aromatic carbocycles. The summed E-state index contributed by atoms with van der Waals surface area (Å²) in [7, 11) is -1.45. The molecule has 0 saturated heterocycles. The Morgan fingerprint density at radius 2 is 1.80 bits per heavy atom. The maximum atomic E-state index is 12.0. The molecule has 0 fully saturated rings. The number of fused-ring (bicyclic) bond motifs is 1. The fourth-order valence-corrected chi connectivity index (χ4v) is 2.78. The molecule has 4 nitrogen and oxygen atoms in total. The third-order valence-electron chi connectivity index (χ3n) is 3.87. The van der Waals surface area contributed by atoms with E-state index < -0.39 is 7.12 Å². The molecule has 5 heteroatoms. The monoisotopic (exact) mass is 269 g/mol. The third kappa shape index (κ3) is 2.42. The molecule has 1 aromatic heterocycles. The van der Waals surface area contributed by atoms with E-state index in [-0.39, 0.29) is 5.56 Å². The highest BCUT2D eigenvalue weighted by atomic mass is 16.4. The molecular formula is C15H16BNO3. The average molecular weight is 269 g/mol. The van der Waals surface area contributed by atoms with Gasteiger partial charge in [-0.25, -0.2) is 0 Å². The van der Waals surface area contributed by atoms with Crippen LogP contribution in [0.4, 0.5) is 0 Å². The van der Waals surface area contributed by atoms with Crippen LogP contribution in [-0.4, -0.2) is 21.7 Å². The normalized spacial score (nSPS) is 13.3. The summed E-state index contributed by atoms with van der Waals surface area (Å²) in [5.74, 6) is 0. The molecule has 0 unspecified atom stereocenters. The Labute approximate surface area is 117 Å². The standard InChI is InChI=1S/C15H16BNO3/c18-15-9-6-12-2-1-3-14(12)17(15)10-11-4-7-13(8-5-11)16(19)20/h4-9,19-20H,1-3,10H2. The van der Waals surface area contributed by atoms with Crippen molar-refractivity contribution in [3.8, 4) is 0 Å². The smallest absolute Gasteiger partial charge is 0.423 e. The number of rotatable bonds is 3. The summed E-state index contributed by atoms with van der Waals surface area (Å²) in [6.07, 6.45) is 3.11. The van der Waals surface area contributed by atoms with Gasteiger partial charge < -0.3 is 14.6 Å². The quantitative estimate of drug-likeness (QED) is 0.775. The molecule has 0 atom stereocenters. The maximum Gasteiger partial charge on any atom is 0.488 e. The van der Waals surface area contributed by atoms with Gasteiger partial charge in [-0.05, 0) is 35.9 Å². The van der Waals surface area contributed by atoms with Crippen molar-refractivity contribution < 1.29 is 10.0 Å². The first-order valence-electron chi connectivity index (χ1n) is 6.82. The minimum Gasteiger partial charge on any atom is -0.423 e. The largest absolute Gasteiger partial charge is 0.488 e. The van der Waals surface area contributed by atoms with Crippen molar-refractivity contribution in [3.05, 3.63) is 63.6 Å². The van der Waals surface area contributed by atoms with Gasteiger partial charge >= 0.3 is 7.12 Å². The van der Waals surface area contributed by atoms with E-state index in [2.05, 4.69) is 0 Å². The molecular weight excluding hydrogens is 253 g/mol. The van der Waals surface area contributed by atoms with Crippen molar-refractivity contribution in [1.29, 1.82) is 0 Å². The molecule has 0 amide bonds. The van der Waals surface area contributed by atoms with Crippen molar-refractivity contribution in [2.75, 3.05) is 0 Å². The predicted octanol–water partition coefficient (Wildman–Crippen LogP) is 0.0651. The number of nitrogens with zero attached hydrogens (tertiary/aromatic N) is 1. The molecule has 2 aromatic rings. The van der Waals surface area contributed by atoms with Crippen molar-refractivity contribution in [3.63, 3.8) is 0 Å². The molecule has 0 aliphatic heterocycles. The molecule has 0 bridgehead atoms. The van der Waals surface area contributed by atoms with E-state index in [1.165, 1.54) is 5.56 Å². The number of aryl methyl sites for hydroxylation is 1.